The van der Waals surface area contributed by atoms with Gasteiger partial charge in [-0.25, -0.2) is 0 Å². The molecule has 178 valence electrons. The molecule has 4 fully saturated rings. The van der Waals surface area contributed by atoms with Crippen LogP contribution in [0.1, 0.15) is 83.5 Å². The second-order valence-electron chi connectivity index (χ2n) is 9.74. The molecule has 0 aromatic carbocycles. The van der Waals surface area contributed by atoms with Gasteiger partial charge in [-0.05, 0) is 0 Å². The summed E-state index contributed by atoms with van der Waals surface area (Å²) >= 11 is 0. The largest absolute Gasteiger partial charge is 2.00 e. The van der Waals surface area contributed by atoms with Crippen molar-refractivity contribution in [2.24, 2.45) is 0 Å². The second kappa shape index (κ2) is 14.4. The molecule has 0 N–H and O–H groups in total. The zero-order valence-corrected chi connectivity index (χ0v) is 21.0. The van der Waals surface area contributed by atoms with Crippen LogP contribution in [-0.2, 0) is 19.5 Å². The normalized spacial score (nSPS) is 39.0. The van der Waals surface area contributed by atoms with Gasteiger partial charge >= 0.3 is 19.5 Å². The molecule has 0 amide bonds. The summed E-state index contributed by atoms with van der Waals surface area (Å²) in [6.07, 6.45) is 21.3. The number of hydrogen-bond donors (Lipinski definition) is 0. The molecule has 0 radical (unpaired) electrons. The predicted molar refractivity (Wildman–Crippen MR) is 128 cm³/mol. The Balaban J connectivity index is 0.000000183. The molecule has 0 aromatic heterocycles. The van der Waals surface area contributed by atoms with Crippen LogP contribution < -0.4 is 0 Å². The average Bonchev–Trinajstić information content (AvgIpc) is 2.87. The summed E-state index contributed by atoms with van der Waals surface area (Å²) in [6, 6.07) is 3.08. The summed E-state index contributed by atoms with van der Waals surface area (Å²) in [7, 11) is 0. The Morgan fingerprint density at radius 2 is 1.00 bits per heavy atom. The SMILES string of the molecule is C1=CC(C2CCCC[N-]2)[N-]CC1.C1CCC(C2CCCC(C3CCCC[N-]3)[N-]2)[N-]C1.[Ru+2]. The molecular weight excluding hydrogens is 471 g/mol. The van der Waals surface area contributed by atoms with Gasteiger partial charge in [0.2, 0.25) is 0 Å². The first-order valence-electron chi connectivity index (χ1n) is 12.9. The number of rotatable bonds is 3. The van der Waals surface area contributed by atoms with E-state index in [1.165, 1.54) is 77.0 Å². The molecule has 6 atom stereocenters. The van der Waals surface area contributed by atoms with Crippen LogP contribution in [0, 0.1) is 0 Å². The topological polar surface area (TPSA) is 70.5 Å². The van der Waals surface area contributed by atoms with E-state index in [-0.39, 0.29) is 19.5 Å². The Morgan fingerprint density at radius 3 is 1.45 bits per heavy atom. The summed E-state index contributed by atoms with van der Waals surface area (Å²) in [4.78, 5) is 0. The maximum Gasteiger partial charge on any atom is 2.00 e. The molecule has 0 saturated carbocycles. The van der Waals surface area contributed by atoms with Gasteiger partial charge in [0.25, 0.3) is 0 Å². The quantitative estimate of drug-likeness (QED) is 0.296. The molecule has 31 heavy (non-hydrogen) atoms. The van der Waals surface area contributed by atoms with Gasteiger partial charge in [0.15, 0.2) is 0 Å². The van der Waals surface area contributed by atoms with Gasteiger partial charge in [0.05, 0.1) is 0 Å². The van der Waals surface area contributed by atoms with E-state index in [1.807, 2.05) is 0 Å². The molecule has 6 unspecified atom stereocenters. The van der Waals surface area contributed by atoms with Crippen LogP contribution in [0.5, 0.6) is 0 Å². The first kappa shape index (κ1) is 25.8. The maximum atomic E-state index is 5.14. The summed E-state index contributed by atoms with van der Waals surface area (Å²) in [5, 5.41) is 23.9. The van der Waals surface area contributed by atoms with Crippen LogP contribution in [-0.4, -0.2) is 62.4 Å². The van der Waals surface area contributed by atoms with E-state index in [2.05, 4.69) is 22.8 Å². The minimum absolute atomic E-state index is 0. The van der Waals surface area contributed by atoms with E-state index < -0.39 is 0 Å². The molecule has 0 aliphatic carbocycles. The van der Waals surface area contributed by atoms with Gasteiger partial charge in [-0.2, -0.15) is 24.2 Å². The molecule has 0 aromatic rings. The third-order valence-electron chi connectivity index (χ3n) is 7.45. The first-order valence-corrected chi connectivity index (χ1v) is 12.9. The van der Waals surface area contributed by atoms with E-state index in [0.717, 1.165) is 32.6 Å². The van der Waals surface area contributed by atoms with E-state index in [4.69, 9.17) is 16.0 Å². The van der Waals surface area contributed by atoms with Crippen molar-refractivity contribution in [3.63, 3.8) is 0 Å². The van der Waals surface area contributed by atoms with Gasteiger partial charge in [-0.1, -0.05) is 89.5 Å². The molecule has 0 bridgehead atoms. The van der Waals surface area contributed by atoms with Crippen molar-refractivity contribution < 1.29 is 19.5 Å². The molecule has 6 heteroatoms. The molecule has 5 heterocycles. The summed E-state index contributed by atoms with van der Waals surface area (Å²) in [5.41, 5.74) is 0. The Bertz CT molecular complexity index is 474. The third kappa shape index (κ3) is 8.16. The van der Waals surface area contributed by atoms with Crippen LogP contribution in [0.2, 0.25) is 0 Å². The third-order valence-corrected chi connectivity index (χ3v) is 7.45. The fourth-order valence-corrected chi connectivity index (χ4v) is 5.71. The van der Waals surface area contributed by atoms with Crippen molar-refractivity contribution >= 4 is 0 Å². The van der Waals surface area contributed by atoms with Crippen molar-refractivity contribution in [3.05, 3.63) is 38.7 Å². The summed E-state index contributed by atoms with van der Waals surface area (Å²) in [6.45, 7) is 4.22. The van der Waals surface area contributed by atoms with Gasteiger partial charge in [-0.3, -0.25) is 0 Å². The Labute approximate surface area is 203 Å². The number of hydrogen-bond acceptors (Lipinski definition) is 0. The first-order chi connectivity index (χ1) is 14.9. The Morgan fingerprint density at radius 1 is 0.484 bits per heavy atom. The molecule has 5 aliphatic rings. The molecule has 5 rings (SSSR count). The zero-order chi connectivity index (χ0) is 20.4. The molecular formula is C25H42N5Ru-3. The van der Waals surface area contributed by atoms with Crippen LogP contribution >= 0.6 is 0 Å². The smallest absolute Gasteiger partial charge is 0.661 e. The fourth-order valence-electron chi connectivity index (χ4n) is 5.71. The van der Waals surface area contributed by atoms with Crippen LogP contribution in [0.4, 0.5) is 0 Å². The van der Waals surface area contributed by atoms with Gasteiger partial charge < -0.3 is 26.6 Å². The Kier molecular flexibility index (Phi) is 12.0. The van der Waals surface area contributed by atoms with Gasteiger partial charge in [0.1, 0.15) is 0 Å². The van der Waals surface area contributed by atoms with Gasteiger partial charge in [-0.15, -0.1) is 44.3 Å². The van der Waals surface area contributed by atoms with E-state index >= 15 is 0 Å². The van der Waals surface area contributed by atoms with Crippen molar-refractivity contribution in [3.8, 4) is 0 Å². The summed E-state index contributed by atoms with van der Waals surface area (Å²) in [5.74, 6) is 0. The fraction of sp³-hybridized carbons (Fsp3) is 0.920. The van der Waals surface area contributed by atoms with E-state index in [0.29, 0.717) is 36.3 Å². The monoisotopic (exact) mass is 514 g/mol. The molecule has 4 saturated heterocycles. The van der Waals surface area contributed by atoms with Crippen molar-refractivity contribution in [1.82, 2.24) is 0 Å². The van der Waals surface area contributed by atoms with Gasteiger partial charge in [0, 0.05) is 0 Å². The number of nitrogens with zero attached hydrogens (tertiary/aromatic N) is 5. The van der Waals surface area contributed by atoms with E-state index in [9.17, 15) is 0 Å². The molecule has 5 nitrogen and oxygen atoms in total. The standard InChI is InChI=1S/C15H26N3.C10H16N2.Ru/c1-3-10-16-12(6-1)14-8-5-9-15(18-14)13-7-2-4-11-17-13;1-3-7-11-9(5-1)10-6-2-4-8-12-10;/h12-15H,1-11H2;1,5,9-10H,2-4,6-8H2;/q-3;-2;+2. The minimum Gasteiger partial charge on any atom is -0.661 e. The van der Waals surface area contributed by atoms with Crippen LogP contribution in [0.3, 0.4) is 0 Å². The van der Waals surface area contributed by atoms with Crippen LogP contribution in [0.15, 0.2) is 12.2 Å². The maximum absolute atomic E-state index is 5.14. The predicted octanol–water partition coefficient (Wildman–Crippen LogP) is 6.75. The average molecular weight is 514 g/mol. The molecule has 5 aliphatic heterocycles. The zero-order valence-electron chi connectivity index (χ0n) is 19.2. The second-order valence-corrected chi connectivity index (χ2v) is 9.74. The van der Waals surface area contributed by atoms with Crippen LogP contribution in [0.25, 0.3) is 26.6 Å². The Hall–Kier alpha value is 0.163. The number of piperidine rings is 4. The summed E-state index contributed by atoms with van der Waals surface area (Å²) < 4.78 is 0. The van der Waals surface area contributed by atoms with Crippen molar-refractivity contribution in [2.45, 2.75) is 120 Å². The minimum atomic E-state index is 0. The van der Waals surface area contributed by atoms with Crippen molar-refractivity contribution in [1.29, 1.82) is 0 Å². The van der Waals surface area contributed by atoms with E-state index in [1.54, 1.807) is 0 Å². The van der Waals surface area contributed by atoms with Crippen molar-refractivity contribution in [2.75, 3.05) is 26.2 Å². The molecule has 0 spiro atoms.